The second kappa shape index (κ2) is 7.61. The van der Waals surface area contributed by atoms with Gasteiger partial charge in [0, 0.05) is 18.2 Å². The van der Waals surface area contributed by atoms with E-state index in [-0.39, 0.29) is 0 Å². The van der Waals surface area contributed by atoms with Gasteiger partial charge in [0.15, 0.2) is 0 Å². The first-order valence-corrected chi connectivity index (χ1v) is 8.39. The molecule has 19 heavy (non-hydrogen) atoms. The van der Waals surface area contributed by atoms with Crippen LogP contribution in [0.3, 0.4) is 0 Å². The summed E-state index contributed by atoms with van der Waals surface area (Å²) < 4.78 is 5.79. The Kier molecular flexibility index (Phi) is 6.11. The number of likely N-dealkylation sites (tertiary alicyclic amines) is 1. The van der Waals surface area contributed by atoms with Crippen molar-refractivity contribution < 1.29 is 4.74 Å². The van der Waals surface area contributed by atoms with Crippen molar-refractivity contribution in [2.24, 2.45) is 0 Å². The zero-order valence-corrected chi connectivity index (χ0v) is 12.9. The maximum absolute atomic E-state index is 5.79. The van der Waals surface area contributed by atoms with Gasteiger partial charge in [-0.15, -0.1) is 0 Å². The summed E-state index contributed by atoms with van der Waals surface area (Å²) in [7, 11) is 0. The molecule has 0 spiro atoms. The highest BCUT2D eigenvalue weighted by molar-refractivity contribution is 5.04. The normalized spacial score (nSPS) is 25.6. The van der Waals surface area contributed by atoms with Crippen molar-refractivity contribution in [2.75, 3.05) is 32.8 Å². The van der Waals surface area contributed by atoms with Gasteiger partial charge < -0.3 is 10.1 Å². The maximum Gasteiger partial charge on any atom is 0.0637 e. The Morgan fingerprint density at radius 3 is 2.32 bits per heavy atom. The van der Waals surface area contributed by atoms with Gasteiger partial charge >= 0.3 is 0 Å². The quantitative estimate of drug-likeness (QED) is 0.768. The highest BCUT2D eigenvalue weighted by atomic mass is 16.5. The zero-order valence-electron chi connectivity index (χ0n) is 12.9. The topological polar surface area (TPSA) is 24.5 Å². The van der Waals surface area contributed by atoms with Gasteiger partial charge in [-0.1, -0.05) is 26.2 Å². The molecule has 3 heteroatoms. The molecule has 0 radical (unpaired) electrons. The molecule has 1 heterocycles. The molecule has 0 aromatic heterocycles. The van der Waals surface area contributed by atoms with Crippen LogP contribution < -0.4 is 5.32 Å². The van der Waals surface area contributed by atoms with Crippen molar-refractivity contribution in [3.63, 3.8) is 0 Å². The molecule has 0 bridgehead atoms. The van der Waals surface area contributed by atoms with Crippen molar-refractivity contribution in [1.29, 1.82) is 0 Å². The average molecular weight is 268 g/mol. The molecule has 3 nitrogen and oxygen atoms in total. The summed E-state index contributed by atoms with van der Waals surface area (Å²) in [4.78, 5) is 2.80. The fraction of sp³-hybridized carbons (Fsp3) is 1.00. The van der Waals surface area contributed by atoms with Gasteiger partial charge in [0.25, 0.3) is 0 Å². The lowest BCUT2D eigenvalue weighted by molar-refractivity contribution is 0.000758. The Labute approximate surface area is 119 Å². The van der Waals surface area contributed by atoms with E-state index in [2.05, 4.69) is 24.1 Å². The lowest BCUT2D eigenvalue weighted by Gasteiger charge is -2.48. The second-order valence-corrected chi connectivity index (χ2v) is 6.13. The predicted octanol–water partition coefficient (Wildman–Crippen LogP) is 2.80. The van der Waals surface area contributed by atoms with E-state index < -0.39 is 0 Å². The SMILES string of the molecule is CCNC(COCC)C1(N2CCCCC2)CCCC1. The van der Waals surface area contributed by atoms with Crippen molar-refractivity contribution in [3.8, 4) is 0 Å². The molecule has 1 unspecified atom stereocenters. The summed E-state index contributed by atoms with van der Waals surface area (Å²) in [6.07, 6.45) is 9.69. The lowest BCUT2D eigenvalue weighted by atomic mass is 9.84. The van der Waals surface area contributed by atoms with Crippen LogP contribution in [0, 0.1) is 0 Å². The van der Waals surface area contributed by atoms with Crippen LogP contribution in [0.2, 0.25) is 0 Å². The van der Waals surface area contributed by atoms with E-state index in [1.807, 2.05) is 0 Å². The minimum Gasteiger partial charge on any atom is -0.380 e. The number of piperidine rings is 1. The molecule has 2 fully saturated rings. The lowest BCUT2D eigenvalue weighted by Crippen LogP contribution is -2.62. The molecule has 1 N–H and O–H groups in total. The van der Waals surface area contributed by atoms with Crippen molar-refractivity contribution in [2.45, 2.75) is 70.4 Å². The molecule has 112 valence electrons. The van der Waals surface area contributed by atoms with Gasteiger partial charge in [-0.25, -0.2) is 0 Å². The summed E-state index contributed by atoms with van der Waals surface area (Å²) in [5.74, 6) is 0. The number of nitrogens with zero attached hydrogens (tertiary/aromatic N) is 1. The minimum atomic E-state index is 0.381. The highest BCUT2D eigenvalue weighted by Gasteiger charge is 2.45. The average Bonchev–Trinajstić information content (AvgIpc) is 2.95. The van der Waals surface area contributed by atoms with E-state index >= 15 is 0 Å². The Morgan fingerprint density at radius 1 is 1.05 bits per heavy atom. The number of rotatable bonds is 7. The van der Waals surface area contributed by atoms with Crippen LogP contribution in [0.4, 0.5) is 0 Å². The van der Waals surface area contributed by atoms with Gasteiger partial charge in [0.2, 0.25) is 0 Å². The molecular formula is C16H32N2O. The van der Waals surface area contributed by atoms with E-state index in [1.54, 1.807) is 0 Å². The molecule has 1 atom stereocenters. The van der Waals surface area contributed by atoms with E-state index in [0.29, 0.717) is 11.6 Å². The Hall–Kier alpha value is -0.120. The van der Waals surface area contributed by atoms with Crippen LogP contribution in [0.25, 0.3) is 0 Å². The maximum atomic E-state index is 5.79. The van der Waals surface area contributed by atoms with Gasteiger partial charge in [0.1, 0.15) is 0 Å². The van der Waals surface area contributed by atoms with Crippen LogP contribution in [-0.4, -0.2) is 49.3 Å². The third-order valence-electron chi connectivity index (χ3n) is 5.04. The molecule has 1 aliphatic heterocycles. The third kappa shape index (κ3) is 3.50. The fourth-order valence-corrected chi connectivity index (χ4v) is 4.10. The van der Waals surface area contributed by atoms with Gasteiger partial charge in [-0.2, -0.15) is 0 Å². The summed E-state index contributed by atoms with van der Waals surface area (Å²) in [6, 6.07) is 0.512. The van der Waals surface area contributed by atoms with E-state index in [9.17, 15) is 0 Å². The first-order valence-electron chi connectivity index (χ1n) is 8.39. The Balaban J connectivity index is 2.09. The zero-order chi connectivity index (χ0) is 13.6. The van der Waals surface area contributed by atoms with Crippen LogP contribution in [0.15, 0.2) is 0 Å². The predicted molar refractivity (Wildman–Crippen MR) is 80.6 cm³/mol. The summed E-state index contributed by atoms with van der Waals surface area (Å²) in [5, 5.41) is 3.73. The van der Waals surface area contributed by atoms with Crippen molar-refractivity contribution in [3.05, 3.63) is 0 Å². The molecule has 0 amide bonds. The van der Waals surface area contributed by atoms with Gasteiger partial charge in [0.05, 0.1) is 6.61 Å². The van der Waals surface area contributed by atoms with Crippen molar-refractivity contribution >= 4 is 0 Å². The molecular weight excluding hydrogens is 236 g/mol. The highest BCUT2D eigenvalue weighted by Crippen LogP contribution is 2.39. The molecule has 2 rings (SSSR count). The van der Waals surface area contributed by atoms with Gasteiger partial charge in [-0.05, 0) is 52.2 Å². The molecule has 0 aromatic rings. The molecule has 1 saturated heterocycles. The summed E-state index contributed by atoms with van der Waals surface area (Å²) in [5.41, 5.74) is 0.381. The summed E-state index contributed by atoms with van der Waals surface area (Å²) >= 11 is 0. The summed E-state index contributed by atoms with van der Waals surface area (Å²) in [6.45, 7) is 9.68. The second-order valence-electron chi connectivity index (χ2n) is 6.13. The number of nitrogens with one attached hydrogen (secondary N) is 1. The number of ether oxygens (including phenoxy) is 1. The Bertz CT molecular complexity index is 245. The molecule has 1 saturated carbocycles. The van der Waals surface area contributed by atoms with Crippen LogP contribution >= 0.6 is 0 Å². The van der Waals surface area contributed by atoms with Gasteiger partial charge in [-0.3, -0.25) is 4.90 Å². The van der Waals surface area contributed by atoms with Crippen molar-refractivity contribution in [1.82, 2.24) is 10.2 Å². The first kappa shape index (κ1) is 15.3. The molecule has 1 aliphatic carbocycles. The number of hydrogen-bond acceptors (Lipinski definition) is 3. The Morgan fingerprint density at radius 2 is 1.74 bits per heavy atom. The van der Waals surface area contributed by atoms with E-state index in [1.165, 1.54) is 58.0 Å². The monoisotopic (exact) mass is 268 g/mol. The van der Waals surface area contributed by atoms with E-state index in [4.69, 9.17) is 4.74 Å². The fourth-order valence-electron chi connectivity index (χ4n) is 4.10. The largest absolute Gasteiger partial charge is 0.380 e. The first-order chi connectivity index (χ1) is 9.33. The van der Waals surface area contributed by atoms with E-state index in [0.717, 1.165) is 19.8 Å². The number of likely N-dealkylation sites (N-methyl/N-ethyl adjacent to an activating group) is 1. The third-order valence-corrected chi connectivity index (χ3v) is 5.04. The van der Waals surface area contributed by atoms with Crippen LogP contribution in [0.5, 0.6) is 0 Å². The standard InChI is InChI=1S/C16H32N2O/c1-3-17-15(14-19-4-2)16(10-6-7-11-16)18-12-8-5-9-13-18/h15,17H,3-14H2,1-2H3. The van der Waals surface area contributed by atoms with Crippen LogP contribution in [0.1, 0.15) is 58.8 Å². The smallest absolute Gasteiger partial charge is 0.0637 e. The van der Waals surface area contributed by atoms with Crippen LogP contribution in [-0.2, 0) is 4.74 Å². The minimum absolute atomic E-state index is 0.381. The molecule has 2 aliphatic rings. The number of hydrogen-bond donors (Lipinski definition) is 1. The molecule has 0 aromatic carbocycles.